The molecule has 0 aliphatic carbocycles. The monoisotopic (exact) mass is 361 g/mol. The number of benzene rings is 1. The predicted octanol–water partition coefficient (Wildman–Crippen LogP) is 0.208. The Morgan fingerprint density at radius 2 is 1.92 bits per heavy atom. The molecule has 3 heterocycles. The number of ether oxygens (including phenoxy) is 1. The first-order valence-corrected chi connectivity index (χ1v) is 9.58. The topological polar surface area (TPSA) is 90.3 Å². The Bertz CT molecular complexity index is 943. The number of hydrogen-bond acceptors (Lipinski definition) is 4. The van der Waals surface area contributed by atoms with Crippen molar-refractivity contribution in [3.8, 4) is 0 Å². The molecule has 2 aromatic rings. The van der Waals surface area contributed by atoms with Crippen LogP contribution in [0.4, 0.5) is 0 Å². The van der Waals surface area contributed by atoms with Crippen LogP contribution in [0.25, 0.3) is 0 Å². The van der Waals surface area contributed by atoms with E-state index >= 15 is 0 Å². The highest BCUT2D eigenvalue weighted by atomic mass is 32.2. The molecule has 0 radical (unpaired) electrons. The number of pyridine rings is 1. The standard InChI is InChI=1S/C17H19N3O4S/c18-25(22,23)15-6-4-13(5-7-15)8-10-20-11-14-3-1-2-9-19(14)17(20)24-16(21)12-20/h1-7,9,17H,8,10-12H2,(H2,18,22,23)/q+2. The molecule has 1 fully saturated rings. The van der Waals surface area contributed by atoms with Crippen molar-refractivity contribution >= 4 is 16.0 Å². The van der Waals surface area contributed by atoms with Crippen LogP contribution in [0.1, 0.15) is 17.6 Å². The fraction of sp³-hybridized carbons (Fsp3) is 0.294. The minimum absolute atomic E-state index is 0.102. The quantitative estimate of drug-likeness (QED) is 0.479. The molecule has 4 rings (SSSR count). The number of aromatic nitrogens is 1. The first-order chi connectivity index (χ1) is 11.9. The van der Waals surface area contributed by atoms with Gasteiger partial charge >= 0.3 is 12.3 Å². The molecule has 1 aromatic carbocycles. The molecule has 2 aliphatic rings. The fourth-order valence-corrected chi connectivity index (χ4v) is 4.20. The lowest BCUT2D eigenvalue weighted by molar-refractivity contribution is -1.06. The highest BCUT2D eigenvalue weighted by molar-refractivity contribution is 7.89. The number of esters is 1. The second kappa shape index (κ2) is 5.62. The summed E-state index contributed by atoms with van der Waals surface area (Å²) in [5, 5.41) is 5.13. The molecule has 2 N–H and O–H groups in total. The van der Waals surface area contributed by atoms with Gasteiger partial charge in [-0.05, 0) is 23.8 Å². The van der Waals surface area contributed by atoms with Crippen LogP contribution >= 0.6 is 0 Å². The van der Waals surface area contributed by atoms with Gasteiger partial charge in [0, 0.05) is 18.6 Å². The predicted molar refractivity (Wildman–Crippen MR) is 87.0 cm³/mol. The molecule has 2 unspecified atom stereocenters. The van der Waals surface area contributed by atoms with Gasteiger partial charge in [0.2, 0.25) is 15.7 Å². The normalized spacial score (nSPS) is 24.7. The van der Waals surface area contributed by atoms with Crippen molar-refractivity contribution < 1.29 is 27.0 Å². The summed E-state index contributed by atoms with van der Waals surface area (Å²) < 4.78 is 30.8. The maximum absolute atomic E-state index is 11.9. The molecule has 0 saturated carbocycles. The minimum atomic E-state index is -3.68. The number of carbonyl (C=O) groups excluding carboxylic acids is 1. The Morgan fingerprint density at radius 1 is 1.16 bits per heavy atom. The fourth-order valence-electron chi connectivity index (χ4n) is 3.69. The summed E-state index contributed by atoms with van der Waals surface area (Å²) >= 11 is 0. The molecule has 2 atom stereocenters. The van der Waals surface area contributed by atoms with Gasteiger partial charge in [-0.1, -0.05) is 12.1 Å². The van der Waals surface area contributed by atoms with Crippen LogP contribution < -0.4 is 9.71 Å². The summed E-state index contributed by atoms with van der Waals surface area (Å²) in [5.41, 5.74) is 2.14. The molecular weight excluding hydrogens is 342 g/mol. The van der Waals surface area contributed by atoms with Crippen LogP contribution in [0.3, 0.4) is 0 Å². The summed E-state index contributed by atoms with van der Waals surface area (Å²) in [6.45, 7) is 1.82. The number of quaternary nitrogens is 1. The first-order valence-electron chi connectivity index (χ1n) is 8.03. The first kappa shape index (κ1) is 16.2. The second-order valence-electron chi connectivity index (χ2n) is 6.61. The molecule has 0 spiro atoms. The summed E-state index contributed by atoms with van der Waals surface area (Å²) in [4.78, 5) is 12.0. The van der Waals surface area contributed by atoms with Crippen molar-refractivity contribution in [1.82, 2.24) is 0 Å². The van der Waals surface area contributed by atoms with Crippen molar-refractivity contribution in [1.29, 1.82) is 0 Å². The molecule has 8 heteroatoms. The van der Waals surface area contributed by atoms with Crippen molar-refractivity contribution in [2.75, 3.05) is 13.1 Å². The highest BCUT2D eigenvalue weighted by Crippen LogP contribution is 2.35. The molecule has 2 aliphatic heterocycles. The van der Waals surface area contributed by atoms with Gasteiger partial charge in [0.25, 0.3) is 0 Å². The van der Waals surface area contributed by atoms with Gasteiger partial charge in [0.1, 0.15) is 0 Å². The third kappa shape index (κ3) is 2.82. The number of nitrogens with two attached hydrogens (primary N) is 1. The van der Waals surface area contributed by atoms with Crippen molar-refractivity contribution in [2.24, 2.45) is 5.14 Å². The largest absolute Gasteiger partial charge is 0.448 e. The van der Waals surface area contributed by atoms with Gasteiger partial charge in [0.05, 0.1) is 11.4 Å². The average Bonchev–Trinajstić information content (AvgIpc) is 3.04. The lowest BCUT2D eigenvalue weighted by atomic mass is 10.1. The van der Waals surface area contributed by atoms with Gasteiger partial charge in [-0.2, -0.15) is 0 Å². The highest BCUT2D eigenvalue weighted by Gasteiger charge is 2.60. The molecule has 1 saturated heterocycles. The van der Waals surface area contributed by atoms with Crippen LogP contribution in [0, 0.1) is 0 Å². The molecule has 25 heavy (non-hydrogen) atoms. The van der Waals surface area contributed by atoms with Crippen molar-refractivity contribution in [2.45, 2.75) is 24.2 Å². The Balaban J connectivity index is 1.55. The number of carbonyl (C=O) groups is 1. The molecular formula is C17H19N3O4S+2. The van der Waals surface area contributed by atoms with Crippen LogP contribution in [0.5, 0.6) is 0 Å². The van der Waals surface area contributed by atoms with Crippen LogP contribution in [-0.2, 0) is 32.5 Å². The van der Waals surface area contributed by atoms with Gasteiger partial charge < -0.3 is 4.74 Å². The second-order valence-corrected chi connectivity index (χ2v) is 8.17. The third-order valence-corrected chi connectivity index (χ3v) is 5.87. The van der Waals surface area contributed by atoms with Gasteiger partial charge in [0.15, 0.2) is 19.3 Å². The summed E-state index contributed by atoms with van der Waals surface area (Å²) in [7, 11) is -3.68. The van der Waals surface area contributed by atoms with Gasteiger partial charge in [-0.15, -0.1) is 4.57 Å². The Morgan fingerprint density at radius 3 is 2.64 bits per heavy atom. The zero-order valence-corrected chi connectivity index (χ0v) is 14.4. The number of primary sulfonamides is 1. The van der Waals surface area contributed by atoms with Crippen LogP contribution in [0.2, 0.25) is 0 Å². The van der Waals surface area contributed by atoms with Crippen molar-refractivity contribution in [3.63, 3.8) is 0 Å². The van der Waals surface area contributed by atoms with Crippen LogP contribution in [-0.4, -0.2) is 32.0 Å². The van der Waals surface area contributed by atoms with E-state index in [1.54, 1.807) is 12.1 Å². The maximum atomic E-state index is 11.9. The Labute approximate surface area is 145 Å². The number of rotatable bonds is 4. The molecule has 130 valence electrons. The molecule has 0 amide bonds. The van der Waals surface area contributed by atoms with E-state index in [0.717, 1.165) is 24.3 Å². The van der Waals surface area contributed by atoms with Crippen LogP contribution in [0.15, 0.2) is 53.6 Å². The van der Waals surface area contributed by atoms with E-state index in [1.165, 1.54) is 12.1 Å². The van der Waals surface area contributed by atoms with E-state index in [2.05, 4.69) is 0 Å². The van der Waals surface area contributed by atoms with E-state index in [0.29, 0.717) is 17.4 Å². The third-order valence-electron chi connectivity index (χ3n) is 4.94. The lowest BCUT2D eigenvalue weighted by Gasteiger charge is -2.25. The average molecular weight is 361 g/mol. The molecule has 1 aromatic heterocycles. The van der Waals surface area contributed by atoms with Crippen molar-refractivity contribution in [3.05, 3.63) is 59.9 Å². The van der Waals surface area contributed by atoms with E-state index in [-0.39, 0.29) is 17.2 Å². The van der Waals surface area contributed by atoms with E-state index in [4.69, 9.17) is 9.88 Å². The maximum Gasteiger partial charge on any atom is 0.448 e. The Hall–Kier alpha value is -2.29. The minimum Gasteiger partial charge on any atom is -0.350 e. The van der Waals surface area contributed by atoms with Gasteiger partial charge in [-0.25, -0.2) is 22.8 Å². The SMILES string of the molecule is NS(=O)(=O)c1ccc(CC[N+]23CC(=O)OC2[n+]2ccccc2C3)cc1. The van der Waals surface area contributed by atoms with Gasteiger partial charge in [-0.3, -0.25) is 0 Å². The van der Waals surface area contributed by atoms with E-state index in [1.807, 2.05) is 29.0 Å². The number of nitrogens with zero attached hydrogens (tertiary/aromatic N) is 2. The zero-order valence-electron chi connectivity index (χ0n) is 13.5. The summed E-state index contributed by atoms with van der Waals surface area (Å²) in [6, 6.07) is 12.5. The number of hydrogen-bond donors (Lipinski definition) is 1. The number of sulfonamides is 1. The smallest absolute Gasteiger partial charge is 0.350 e. The Kier molecular flexibility index (Phi) is 3.64. The summed E-state index contributed by atoms with van der Waals surface area (Å²) in [5.74, 6) is -0.184. The zero-order chi connectivity index (χ0) is 17.7. The summed E-state index contributed by atoms with van der Waals surface area (Å²) in [6.07, 6.45) is 2.35. The number of fused-ring (bicyclic) bond motifs is 3. The van der Waals surface area contributed by atoms with E-state index < -0.39 is 10.0 Å². The molecule has 7 nitrogen and oxygen atoms in total. The molecule has 0 bridgehead atoms. The van der Waals surface area contributed by atoms with E-state index in [9.17, 15) is 13.2 Å². The lowest BCUT2D eigenvalue weighted by Crippen LogP contribution is -2.51.